The molecule has 0 amide bonds. The molecule has 1 aromatic carbocycles. The second kappa shape index (κ2) is 9.67. The van der Waals surface area contributed by atoms with Crippen molar-refractivity contribution in [3.63, 3.8) is 0 Å². The van der Waals surface area contributed by atoms with Gasteiger partial charge in [0.1, 0.15) is 5.75 Å². The van der Waals surface area contributed by atoms with Crippen LogP contribution >= 0.6 is 27.7 Å². The molecule has 1 N–H and O–H groups in total. The third-order valence-corrected chi connectivity index (χ3v) is 4.45. The fourth-order valence-corrected chi connectivity index (χ4v) is 3.14. The normalized spacial score (nSPS) is 12.4. The van der Waals surface area contributed by atoms with Gasteiger partial charge in [-0.05, 0) is 48.9 Å². The van der Waals surface area contributed by atoms with Gasteiger partial charge < -0.3 is 10.1 Å². The van der Waals surface area contributed by atoms with Crippen LogP contribution in [0.4, 0.5) is 0 Å². The van der Waals surface area contributed by atoms with Crippen molar-refractivity contribution in [2.75, 3.05) is 25.2 Å². The molecular weight excluding hydrogens is 322 g/mol. The number of thioether (sulfide) groups is 1. The molecule has 0 spiro atoms. The third kappa shape index (κ3) is 6.19. The van der Waals surface area contributed by atoms with E-state index in [-0.39, 0.29) is 0 Å². The van der Waals surface area contributed by atoms with Gasteiger partial charge in [0.2, 0.25) is 0 Å². The minimum atomic E-state index is 0.507. The number of hydrogen-bond donors (Lipinski definition) is 1. The fourth-order valence-electron chi connectivity index (χ4n) is 1.97. The molecule has 1 atom stereocenters. The van der Waals surface area contributed by atoms with Gasteiger partial charge in [-0.25, -0.2) is 0 Å². The van der Waals surface area contributed by atoms with E-state index in [1.165, 1.54) is 17.7 Å². The van der Waals surface area contributed by atoms with Gasteiger partial charge in [-0.1, -0.05) is 29.8 Å². The molecule has 0 aliphatic carbocycles. The molecule has 0 heterocycles. The third-order valence-electron chi connectivity index (χ3n) is 2.91. The van der Waals surface area contributed by atoms with E-state index in [4.69, 9.17) is 4.74 Å². The molecule has 4 heteroatoms. The summed E-state index contributed by atoms with van der Waals surface area (Å²) in [6, 6.07) is 6.73. The van der Waals surface area contributed by atoms with E-state index in [1.54, 1.807) is 7.11 Å². The maximum atomic E-state index is 5.45. The number of hydrogen-bond acceptors (Lipinski definition) is 3. The van der Waals surface area contributed by atoms with Crippen LogP contribution in [0.1, 0.15) is 25.8 Å². The molecular formula is C15H24BrNOS. The number of halogens is 1. The van der Waals surface area contributed by atoms with Crippen LogP contribution in [-0.2, 0) is 6.42 Å². The Balaban J connectivity index is 2.72. The van der Waals surface area contributed by atoms with Gasteiger partial charge in [-0.15, -0.1) is 0 Å². The predicted molar refractivity (Wildman–Crippen MR) is 89.5 cm³/mol. The van der Waals surface area contributed by atoms with Crippen LogP contribution in [0.15, 0.2) is 22.7 Å². The lowest BCUT2D eigenvalue weighted by molar-refractivity contribution is 0.406. The minimum Gasteiger partial charge on any atom is -0.496 e. The molecule has 0 aliphatic rings. The van der Waals surface area contributed by atoms with Crippen molar-refractivity contribution < 1.29 is 4.74 Å². The van der Waals surface area contributed by atoms with E-state index >= 15 is 0 Å². The Kier molecular flexibility index (Phi) is 8.58. The Bertz CT molecular complexity index is 365. The SMILES string of the molecule is CCCNC(CSCC)Cc1cc(Br)ccc1OC. The molecule has 2 nitrogen and oxygen atoms in total. The van der Waals surface area contributed by atoms with E-state index in [2.05, 4.69) is 41.2 Å². The summed E-state index contributed by atoms with van der Waals surface area (Å²) in [5, 5.41) is 3.63. The summed E-state index contributed by atoms with van der Waals surface area (Å²) in [5.74, 6) is 3.29. The molecule has 0 fully saturated rings. The Labute approximate surface area is 129 Å². The summed E-state index contributed by atoms with van der Waals surface area (Å²) in [6.07, 6.45) is 2.18. The van der Waals surface area contributed by atoms with Crippen LogP contribution in [-0.4, -0.2) is 31.2 Å². The second-order valence-electron chi connectivity index (χ2n) is 4.47. The Morgan fingerprint density at radius 3 is 2.79 bits per heavy atom. The van der Waals surface area contributed by atoms with Crippen LogP contribution < -0.4 is 10.1 Å². The molecule has 0 aliphatic heterocycles. The van der Waals surface area contributed by atoms with Crippen LogP contribution in [0.2, 0.25) is 0 Å². The molecule has 0 aromatic heterocycles. The first-order chi connectivity index (χ1) is 9.21. The molecule has 0 saturated carbocycles. The van der Waals surface area contributed by atoms with E-state index in [0.29, 0.717) is 6.04 Å². The lowest BCUT2D eigenvalue weighted by atomic mass is 10.1. The maximum absolute atomic E-state index is 5.45. The van der Waals surface area contributed by atoms with E-state index in [9.17, 15) is 0 Å². The van der Waals surface area contributed by atoms with Gasteiger partial charge >= 0.3 is 0 Å². The molecule has 1 rings (SSSR count). The first kappa shape index (κ1) is 16.9. The van der Waals surface area contributed by atoms with Gasteiger partial charge in [0.25, 0.3) is 0 Å². The monoisotopic (exact) mass is 345 g/mol. The van der Waals surface area contributed by atoms with Gasteiger partial charge in [-0.3, -0.25) is 0 Å². The smallest absolute Gasteiger partial charge is 0.122 e. The lowest BCUT2D eigenvalue weighted by Crippen LogP contribution is -2.34. The van der Waals surface area contributed by atoms with Crippen molar-refractivity contribution in [1.82, 2.24) is 5.32 Å². The quantitative estimate of drug-likeness (QED) is 0.727. The highest BCUT2D eigenvalue weighted by molar-refractivity contribution is 9.10. The zero-order valence-electron chi connectivity index (χ0n) is 12.0. The molecule has 1 unspecified atom stereocenters. The number of rotatable bonds is 9. The highest BCUT2D eigenvalue weighted by atomic mass is 79.9. The van der Waals surface area contributed by atoms with E-state index in [1.807, 2.05) is 23.9 Å². The Hall–Kier alpha value is -0.190. The average Bonchev–Trinajstić information content (AvgIpc) is 2.42. The molecule has 19 heavy (non-hydrogen) atoms. The zero-order valence-corrected chi connectivity index (χ0v) is 14.4. The Morgan fingerprint density at radius 2 is 2.16 bits per heavy atom. The first-order valence-corrected chi connectivity index (χ1v) is 8.79. The summed E-state index contributed by atoms with van der Waals surface area (Å²) in [6.45, 7) is 5.49. The minimum absolute atomic E-state index is 0.507. The van der Waals surface area contributed by atoms with Gasteiger partial charge in [0, 0.05) is 16.3 Å². The topological polar surface area (TPSA) is 21.3 Å². The summed E-state index contributed by atoms with van der Waals surface area (Å²) >= 11 is 5.53. The fraction of sp³-hybridized carbons (Fsp3) is 0.600. The standard InChI is InChI=1S/C15H24BrNOS/c1-4-8-17-14(11-19-5-2)10-12-9-13(16)6-7-15(12)18-3/h6-7,9,14,17H,4-5,8,10-11H2,1-3H3. The summed E-state index contributed by atoms with van der Waals surface area (Å²) in [4.78, 5) is 0. The number of ether oxygens (including phenoxy) is 1. The largest absolute Gasteiger partial charge is 0.496 e. The van der Waals surface area contributed by atoms with Crippen molar-refractivity contribution in [2.24, 2.45) is 0 Å². The van der Waals surface area contributed by atoms with Gasteiger partial charge in [0.15, 0.2) is 0 Å². The highest BCUT2D eigenvalue weighted by Crippen LogP contribution is 2.24. The van der Waals surface area contributed by atoms with E-state index < -0.39 is 0 Å². The van der Waals surface area contributed by atoms with Gasteiger partial charge in [-0.2, -0.15) is 11.8 Å². The van der Waals surface area contributed by atoms with Gasteiger partial charge in [0.05, 0.1) is 7.11 Å². The predicted octanol–water partition coefficient (Wildman–Crippen LogP) is 4.12. The number of methoxy groups -OCH3 is 1. The molecule has 0 radical (unpaired) electrons. The van der Waals surface area contributed by atoms with Crippen LogP contribution in [0.25, 0.3) is 0 Å². The van der Waals surface area contributed by atoms with Crippen LogP contribution in [0.5, 0.6) is 5.75 Å². The number of benzene rings is 1. The van der Waals surface area contributed by atoms with Crippen molar-refractivity contribution in [2.45, 2.75) is 32.7 Å². The number of nitrogens with one attached hydrogen (secondary N) is 1. The summed E-state index contributed by atoms with van der Waals surface area (Å²) in [7, 11) is 1.74. The summed E-state index contributed by atoms with van der Waals surface area (Å²) < 4.78 is 6.57. The molecule has 108 valence electrons. The zero-order chi connectivity index (χ0) is 14.1. The highest BCUT2D eigenvalue weighted by Gasteiger charge is 2.12. The maximum Gasteiger partial charge on any atom is 0.122 e. The van der Waals surface area contributed by atoms with Crippen molar-refractivity contribution in [1.29, 1.82) is 0 Å². The summed E-state index contributed by atoms with van der Waals surface area (Å²) in [5.41, 5.74) is 1.27. The van der Waals surface area contributed by atoms with Crippen molar-refractivity contribution >= 4 is 27.7 Å². The van der Waals surface area contributed by atoms with E-state index in [0.717, 1.165) is 28.9 Å². The van der Waals surface area contributed by atoms with Crippen molar-refractivity contribution in [3.05, 3.63) is 28.2 Å². The molecule has 1 aromatic rings. The van der Waals surface area contributed by atoms with Crippen molar-refractivity contribution in [3.8, 4) is 5.75 Å². The van der Waals surface area contributed by atoms with Crippen LogP contribution in [0, 0.1) is 0 Å². The Morgan fingerprint density at radius 1 is 1.37 bits per heavy atom. The lowest BCUT2D eigenvalue weighted by Gasteiger charge is -2.19. The van der Waals surface area contributed by atoms with Crippen LogP contribution in [0.3, 0.4) is 0 Å². The molecule has 0 bridgehead atoms. The molecule has 0 saturated heterocycles. The second-order valence-corrected chi connectivity index (χ2v) is 6.71. The average molecular weight is 346 g/mol. The first-order valence-electron chi connectivity index (χ1n) is 6.84.